The molecule has 0 aliphatic heterocycles. The van der Waals surface area contributed by atoms with Crippen LogP contribution in [0.25, 0.3) is 11.1 Å². The normalized spacial score (nSPS) is 11.3. The summed E-state index contributed by atoms with van der Waals surface area (Å²) in [6, 6.07) is 18.0. The molecule has 0 atom stereocenters. The number of nitrogens with zero attached hydrogens (tertiary/aromatic N) is 2. The summed E-state index contributed by atoms with van der Waals surface area (Å²) in [4.78, 5) is 21.3. The molecule has 0 unspecified atom stereocenters. The van der Waals surface area contributed by atoms with Gasteiger partial charge in [-0.3, -0.25) is 4.79 Å². The molecule has 2 aromatic carbocycles. The van der Waals surface area contributed by atoms with E-state index in [2.05, 4.69) is 9.97 Å². The van der Waals surface area contributed by atoms with Crippen molar-refractivity contribution in [3.05, 3.63) is 90.4 Å². The summed E-state index contributed by atoms with van der Waals surface area (Å²) in [5.41, 5.74) is 6.10. The minimum Gasteiger partial charge on any atom is -0.493 e. The Morgan fingerprint density at radius 3 is 2.47 bits per heavy atom. The number of aromatic nitrogens is 2. The summed E-state index contributed by atoms with van der Waals surface area (Å²) >= 11 is 0. The van der Waals surface area contributed by atoms with Gasteiger partial charge in [-0.05, 0) is 53.9 Å². The number of nitrogens with two attached hydrogens (primary N) is 1. The number of hydrogen-bond donors (Lipinski definition) is 2. The van der Waals surface area contributed by atoms with Gasteiger partial charge in [0, 0.05) is 17.8 Å². The van der Waals surface area contributed by atoms with Crippen LogP contribution < -0.4 is 19.9 Å². The van der Waals surface area contributed by atoms with Crippen LogP contribution in [-0.2, 0) is 10.0 Å². The van der Waals surface area contributed by atoms with Crippen LogP contribution in [0.1, 0.15) is 24.2 Å². The number of pyridine rings is 2. The number of anilines is 1. The fourth-order valence-electron chi connectivity index (χ4n) is 3.34. The molecule has 0 aliphatic rings. The zero-order chi connectivity index (χ0) is 27.3. The van der Waals surface area contributed by atoms with Gasteiger partial charge >= 0.3 is 0 Å². The SMILES string of the molecule is CC(C)COc1cc(F)cc(-c2cnc(Oc3ccccc3)c(C(=O)NS(=O)(=O)c3cccc(N)n3)c2)c1. The minimum absolute atomic E-state index is 0.0290. The number of benzene rings is 2. The van der Waals surface area contributed by atoms with E-state index in [1.807, 2.05) is 18.6 Å². The van der Waals surface area contributed by atoms with Crippen molar-refractivity contribution in [3.8, 4) is 28.5 Å². The molecule has 11 heteroatoms. The van der Waals surface area contributed by atoms with E-state index >= 15 is 0 Å². The van der Waals surface area contributed by atoms with Crippen molar-refractivity contribution in [2.45, 2.75) is 18.9 Å². The molecule has 2 aromatic heterocycles. The van der Waals surface area contributed by atoms with E-state index in [1.165, 1.54) is 42.6 Å². The van der Waals surface area contributed by atoms with Gasteiger partial charge in [0.15, 0.2) is 5.03 Å². The highest BCUT2D eigenvalue weighted by Crippen LogP contribution is 2.31. The number of sulfonamides is 1. The molecule has 3 N–H and O–H groups in total. The van der Waals surface area contributed by atoms with Gasteiger partial charge in [-0.1, -0.05) is 38.1 Å². The maximum atomic E-state index is 14.4. The van der Waals surface area contributed by atoms with Crippen molar-refractivity contribution in [1.29, 1.82) is 0 Å². The predicted octanol–water partition coefficient (Wildman–Crippen LogP) is 4.81. The van der Waals surface area contributed by atoms with Crippen molar-refractivity contribution in [1.82, 2.24) is 14.7 Å². The average molecular weight is 537 g/mol. The molecule has 0 radical (unpaired) electrons. The van der Waals surface area contributed by atoms with Crippen LogP contribution in [0.5, 0.6) is 17.4 Å². The zero-order valence-electron chi connectivity index (χ0n) is 20.6. The first-order valence-corrected chi connectivity index (χ1v) is 13.1. The Kier molecular flexibility index (Phi) is 7.87. The quantitative estimate of drug-likeness (QED) is 0.311. The maximum Gasteiger partial charge on any atom is 0.281 e. The molecule has 0 bridgehead atoms. The summed E-state index contributed by atoms with van der Waals surface area (Å²) in [5, 5.41) is -0.433. The third-order valence-corrected chi connectivity index (χ3v) is 6.32. The molecular weight excluding hydrogens is 511 g/mol. The molecule has 0 fully saturated rings. The third kappa shape index (κ3) is 6.62. The van der Waals surface area contributed by atoms with Gasteiger partial charge in [0.1, 0.15) is 28.7 Å². The van der Waals surface area contributed by atoms with E-state index < -0.39 is 26.8 Å². The summed E-state index contributed by atoms with van der Waals surface area (Å²) in [6.07, 6.45) is 1.39. The smallest absolute Gasteiger partial charge is 0.281 e. The van der Waals surface area contributed by atoms with E-state index in [9.17, 15) is 17.6 Å². The topological polar surface area (TPSA) is 134 Å². The van der Waals surface area contributed by atoms with Gasteiger partial charge in [0.2, 0.25) is 5.88 Å². The number of amides is 1. The Morgan fingerprint density at radius 2 is 1.76 bits per heavy atom. The minimum atomic E-state index is -4.38. The standard InChI is InChI=1S/C27H25FN4O5S/c1-17(2)16-36-22-12-18(11-20(28)14-22)19-13-23(27(30-15-19)37-21-7-4-3-5-8-21)26(33)32-38(34,35)25-10-6-9-24(29)31-25/h3-15,17H,16H2,1-2H3,(H2,29,31)(H,32,33). The number of carbonyl (C=O) groups excluding carboxylic acids is 1. The van der Waals surface area contributed by atoms with Crippen LogP contribution in [0.3, 0.4) is 0 Å². The highest BCUT2D eigenvalue weighted by atomic mass is 32.2. The van der Waals surface area contributed by atoms with Crippen molar-refractivity contribution >= 4 is 21.7 Å². The van der Waals surface area contributed by atoms with E-state index in [0.29, 0.717) is 29.2 Å². The summed E-state index contributed by atoms with van der Waals surface area (Å²) in [6.45, 7) is 4.32. The van der Waals surface area contributed by atoms with Gasteiger partial charge in [-0.25, -0.2) is 19.1 Å². The van der Waals surface area contributed by atoms with Gasteiger partial charge in [0.25, 0.3) is 15.9 Å². The summed E-state index contributed by atoms with van der Waals surface area (Å²) in [7, 11) is -4.38. The van der Waals surface area contributed by atoms with Crippen molar-refractivity contribution < 1.29 is 27.1 Å². The zero-order valence-corrected chi connectivity index (χ0v) is 21.4. The Bertz CT molecular complexity index is 1560. The van der Waals surface area contributed by atoms with Crippen molar-refractivity contribution in [2.75, 3.05) is 12.3 Å². The fraction of sp³-hybridized carbons (Fsp3) is 0.148. The first kappa shape index (κ1) is 26.6. The Balaban J connectivity index is 1.73. The number of halogens is 1. The lowest BCUT2D eigenvalue weighted by atomic mass is 10.0. The van der Waals surface area contributed by atoms with E-state index in [-0.39, 0.29) is 23.2 Å². The van der Waals surface area contributed by atoms with Crippen molar-refractivity contribution in [3.63, 3.8) is 0 Å². The Hall–Kier alpha value is -4.51. The molecule has 0 saturated carbocycles. The molecule has 38 heavy (non-hydrogen) atoms. The van der Waals surface area contributed by atoms with Crippen LogP contribution in [-0.4, -0.2) is 30.9 Å². The van der Waals surface area contributed by atoms with Gasteiger partial charge in [-0.2, -0.15) is 8.42 Å². The van der Waals surface area contributed by atoms with E-state index in [4.69, 9.17) is 15.2 Å². The maximum absolute atomic E-state index is 14.4. The molecule has 0 saturated heterocycles. The van der Waals surface area contributed by atoms with Gasteiger partial charge < -0.3 is 15.2 Å². The summed E-state index contributed by atoms with van der Waals surface area (Å²) in [5.74, 6) is -0.852. The first-order valence-electron chi connectivity index (χ1n) is 11.6. The van der Waals surface area contributed by atoms with Gasteiger partial charge in [0.05, 0.1) is 6.61 Å². The molecule has 196 valence electrons. The average Bonchev–Trinajstić information content (AvgIpc) is 2.88. The molecule has 9 nitrogen and oxygen atoms in total. The molecular formula is C27H25FN4O5S. The Morgan fingerprint density at radius 1 is 1.00 bits per heavy atom. The largest absolute Gasteiger partial charge is 0.493 e. The molecule has 1 amide bonds. The second-order valence-electron chi connectivity index (χ2n) is 8.71. The second-order valence-corrected chi connectivity index (χ2v) is 10.3. The monoisotopic (exact) mass is 536 g/mol. The fourth-order valence-corrected chi connectivity index (χ4v) is 4.28. The molecule has 2 heterocycles. The van der Waals surface area contributed by atoms with Crippen LogP contribution in [0.2, 0.25) is 0 Å². The molecule has 4 rings (SSSR count). The van der Waals surface area contributed by atoms with E-state index in [0.717, 1.165) is 0 Å². The van der Waals surface area contributed by atoms with Crippen LogP contribution in [0, 0.1) is 11.7 Å². The predicted molar refractivity (Wildman–Crippen MR) is 140 cm³/mol. The van der Waals surface area contributed by atoms with Crippen LogP contribution >= 0.6 is 0 Å². The number of rotatable bonds is 9. The number of ether oxygens (including phenoxy) is 2. The molecule has 0 spiro atoms. The number of para-hydroxylation sites is 1. The number of nitrogen functional groups attached to an aromatic ring is 1. The Labute approximate surface area is 219 Å². The first-order chi connectivity index (χ1) is 18.1. The third-order valence-electron chi connectivity index (χ3n) is 5.09. The lowest BCUT2D eigenvalue weighted by Crippen LogP contribution is -2.31. The highest BCUT2D eigenvalue weighted by Gasteiger charge is 2.24. The van der Waals surface area contributed by atoms with Gasteiger partial charge in [-0.15, -0.1) is 0 Å². The lowest BCUT2D eigenvalue weighted by Gasteiger charge is -2.14. The molecule has 4 aromatic rings. The van der Waals surface area contributed by atoms with Crippen LogP contribution in [0.15, 0.2) is 84.0 Å². The van der Waals surface area contributed by atoms with Crippen molar-refractivity contribution in [2.24, 2.45) is 5.92 Å². The van der Waals surface area contributed by atoms with Crippen LogP contribution in [0.4, 0.5) is 10.2 Å². The second kappa shape index (κ2) is 11.3. The highest BCUT2D eigenvalue weighted by molar-refractivity contribution is 7.90. The number of nitrogens with one attached hydrogen (secondary N) is 1. The lowest BCUT2D eigenvalue weighted by molar-refractivity contribution is 0.0978. The number of hydrogen-bond acceptors (Lipinski definition) is 8. The summed E-state index contributed by atoms with van der Waals surface area (Å²) < 4.78 is 53.5. The number of carbonyl (C=O) groups is 1. The molecule has 0 aliphatic carbocycles. The van der Waals surface area contributed by atoms with E-state index in [1.54, 1.807) is 36.4 Å².